The van der Waals surface area contributed by atoms with Crippen molar-refractivity contribution in [2.75, 3.05) is 25.2 Å². The van der Waals surface area contributed by atoms with Gasteiger partial charge in [0.2, 0.25) is 5.76 Å². The number of benzene rings is 3. The van der Waals surface area contributed by atoms with Crippen LogP contribution in [0.3, 0.4) is 0 Å². The van der Waals surface area contributed by atoms with Crippen LogP contribution in [0.1, 0.15) is 54.9 Å². The Morgan fingerprint density at radius 3 is 2.48 bits per heavy atom. The number of carbonyl (C=O) groups excluding carboxylic acids is 1. The van der Waals surface area contributed by atoms with Crippen molar-refractivity contribution in [3.05, 3.63) is 91.2 Å². The summed E-state index contributed by atoms with van der Waals surface area (Å²) in [5.74, 6) is 1.65. The topological polar surface area (TPSA) is 78.2 Å². The molecular weight excluding hydrogens is 598 g/mol. The summed E-state index contributed by atoms with van der Waals surface area (Å²) in [4.78, 5) is 29.4. The molecule has 208 valence electrons. The fourth-order valence-electron chi connectivity index (χ4n) is 4.82. The molecule has 1 amide bonds. The molecule has 1 unspecified atom stereocenters. The molecule has 0 aliphatic carbocycles. The van der Waals surface area contributed by atoms with Gasteiger partial charge >= 0.3 is 0 Å². The van der Waals surface area contributed by atoms with Gasteiger partial charge in [-0.25, -0.2) is 0 Å². The molecule has 7 nitrogen and oxygen atoms in total. The van der Waals surface area contributed by atoms with E-state index in [1.54, 1.807) is 36.4 Å². The Morgan fingerprint density at radius 2 is 1.77 bits per heavy atom. The van der Waals surface area contributed by atoms with Crippen LogP contribution in [0.2, 0.25) is 5.02 Å². The SMILES string of the molecule is CCOc1cc(C2c3c(oc4ccc(Br)cc4c3=O)C(=O)N2c2ccc(OC)c(Cl)c2)ccc1OCCC(C)C. The molecule has 0 radical (unpaired) electrons. The molecule has 40 heavy (non-hydrogen) atoms. The summed E-state index contributed by atoms with van der Waals surface area (Å²) in [6.07, 6.45) is 0.896. The summed E-state index contributed by atoms with van der Waals surface area (Å²) >= 11 is 9.90. The van der Waals surface area contributed by atoms with Crippen molar-refractivity contribution in [1.29, 1.82) is 0 Å². The molecular formula is C31H29BrClNO6. The fourth-order valence-corrected chi connectivity index (χ4v) is 5.43. The third-order valence-corrected chi connectivity index (χ3v) is 7.57. The monoisotopic (exact) mass is 625 g/mol. The number of hydrogen-bond acceptors (Lipinski definition) is 6. The standard InChI is InChI=1S/C31H29BrClNO6/c1-5-38-26-14-18(6-9-25(26)39-13-12-17(2)3)28-27-29(35)21-15-19(32)7-10-23(21)40-30(27)31(36)34(28)20-8-11-24(37-4)22(33)16-20/h6-11,14-17,28H,5,12-13H2,1-4H3. The van der Waals surface area contributed by atoms with Crippen molar-refractivity contribution >= 4 is 50.1 Å². The lowest BCUT2D eigenvalue weighted by atomic mass is 9.97. The molecule has 1 aliphatic heterocycles. The summed E-state index contributed by atoms with van der Waals surface area (Å²) < 4.78 is 24.1. The van der Waals surface area contributed by atoms with E-state index in [0.717, 1.165) is 10.9 Å². The third kappa shape index (κ3) is 5.18. The zero-order chi connectivity index (χ0) is 28.6. The summed E-state index contributed by atoms with van der Waals surface area (Å²) in [5, 5.41) is 0.707. The van der Waals surface area contributed by atoms with Gasteiger partial charge < -0.3 is 18.6 Å². The van der Waals surface area contributed by atoms with E-state index in [9.17, 15) is 9.59 Å². The van der Waals surface area contributed by atoms with Gasteiger partial charge in [-0.1, -0.05) is 47.4 Å². The zero-order valence-corrected chi connectivity index (χ0v) is 25.0. The molecule has 9 heteroatoms. The number of nitrogens with zero attached hydrogens (tertiary/aromatic N) is 1. The van der Waals surface area contributed by atoms with Gasteiger partial charge in [0.15, 0.2) is 16.9 Å². The van der Waals surface area contributed by atoms with Gasteiger partial charge in [-0.15, -0.1) is 0 Å². The van der Waals surface area contributed by atoms with Crippen molar-refractivity contribution in [2.45, 2.75) is 33.2 Å². The first-order valence-electron chi connectivity index (χ1n) is 13.1. The molecule has 0 saturated heterocycles. The smallest absolute Gasteiger partial charge is 0.295 e. The van der Waals surface area contributed by atoms with Crippen LogP contribution in [0.15, 0.2) is 68.3 Å². The summed E-state index contributed by atoms with van der Waals surface area (Å²) in [5.41, 5.74) is 1.46. The average Bonchev–Trinajstić information content (AvgIpc) is 3.22. The van der Waals surface area contributed by atoms with Gasteiger partial charge in [-0.2, -0.15) is 0 Å². The van der Waals surface area contributed by atoms with E-state index in [4.69, 9.17) is 30.2 Å². The lowest BCUT2D eigenvalue weighted by Crippen LogP contribution is -2.29. The predicted octanol–water partition coefficient (Wildman–Crippen LogP) is 7.79. The molecule has 3 aromatic carbocycles. The first kappa shape index (κ1) is 28.1. The van der Waals surface area contributed by atoms with E-state index in [1.807, 2.05) is 25.1 Å². The zero-order valence-electron chi connectivity index (χ0n) is 22.6. The van der Waals surface area contributed by atoms with E-state index in [2.05, 4.69) is 29.8 Å². The normalized spacial score (nSPS) is 14.6. The highest BCUT2D eigenvalue weighted by Crippen LogP contribution is 2.44. The van der Waals surface area contributed by atoms with Crippen LogP contribution < -0.4 is 24.5 Å². The number of halogens is 2. The van der Waals surface area contributed by atoms with Crippen LogP contribution >= 0.6 is 27.5 Å². The lowest BCUT2D eigenvalue weighted by Gasteiger charge is -2.26. The number of ether oxygens (including phenoxy) is 3. The minimum absolute atomic E-state index is 0.00742. The summed E-state index contributed by atoms with van der Waals surface area (Å²) in [6.45, 7) is 7.13. The Morgan fingerprint density at radius 1 is 1.00 bits per heavy atom. The number of hydrogen-bond donors (Lipinski definition) is 0. The van der Waals surface area contributed by atoms with Gasteiger partial charge in [0.1, 0.15) is 11.3 Å². The predicted molar refractivity (Wildman–Crippen MR) is 159 cm³/mol. The van der Waals surface area contributed by atoms with Crippen LogP contribution in [-0.4, -0.2) is 26.2 Å². The highest BCUT2D eigenvalue weighted by atomic mass is 79.9. The molecule has 1 aromatic heterocycles. The number of anilines is 1. The molecule has 1 aliphatic rings. The molecule has 0 bridgehead atoms. The van der Waals surface area contributed by atoms with E-state index >= 15 is 0 Å². The van der Waals surface area contributed by atoms with Crippen molar-refractivity contribution in [3.63, 3.8) is 0 Å². The molecule has 0 spiro atoms. The van der Waals surface area contributed by atoms with Crippen molar-refractivity contribution in [3.8, 4) is 17.2 Å². The van der Waals surface area contributed by atoms with Gasteiger partial charge in [0, 0.05) is 10.2 Å². The van der Waals surface area contributed by atoms with Gasteiger partial charge in [0.25, 0.3) is 5.91 Å². The number of carbonyl (C=O) groups is 1. The lowest BCUT2D eigenvalue weighted by molar-refractivity contribution is 0.0971. The maximum atomic E-state index is 14.0. The molecule has 0 fully saturated rings. The molecule has 2 heterocycles. The van der Waals surface area contributed by atoms with E-state index in [-0.39, 0.29) is 16.8 Å². The largest absolute Gasteiger partial charge is 0.495 e. The second kappa shape index (κ2) is 11.6. The molecule has 0 saturated carbocycles. The highest BCUT2D eigenvalue weighted by molar-refractivity contribution is 9.10. The minimum Gasteiger partial charge on any atom is -0.495 e. The highest BCUT2D eigenvalue weighted by Gasteiger charge is 2.44. The molecule has 0 N–H and O–H groups in total. The number of rotatable bonds is 9. The molecule has 1 atom stereocenters. The maximum Gasteiger partial charge on any atom is 0.295 e. The van der Waals surface area contributed by atoms with Crippen molar-refractivity contribution in [2.24, 2.45) is 5.92 Å². The van der Waals surface area contributed by atoms with E-state index in [1.165, 1.54) is 12.0 Å². The second-order valence-electron chi connectivity index (χ2n) is 9.88. The first-order valence-corrected chi connectivity index (χ1v) is 14.2. The average molecular weight is 627 g/mol. The van der Waals surface area contributed by atoms with E-state index in [0.29, 0.717) is 63.6 Å². The van der Waals surface area contributed by atoms with Crippen LogP contribution in [0.5, 0.6) is 17.2 Å². The van der Waals surface area contributed by atoms with E-state index < -0.39 is 11.9 Å². The van der Waals surface area contributed by atoms with Crippen molar-refractivity contribution in [1.82, 2.24) is 0 Å². The van der Waals surface area contributed by atoms with Crippen LogP contribution in [0.4, 0.5) is 5.69 Å². The fraction of sp³-hybridized carbons (Fsp3) is 0.290. The van der Waals surface area contributed by atoms with Crippen molar-refractivity contribution < 1.29 is 23.4 Å². The van der Waals surface area contributed by atoms with Gasteiger partial charge in [-0.3, -0.25) is 14.5 Å². The first-order chi connectivity index (χ1) is 19.2. The van der Waals surface area contributed by atoms with Crippen LogP contribution in [-0.2, 0) is 0 Å². The summed E-state index contributed by atoms with van der Waals surface area (Å²) in [7, 11) is 1.52. The second-order valence-corrected chi connectivity index (χ2v) is 11.2. The maximum absolute atomic E-state index is 14.0. The Hall–Kier alpha value is -3.49. The quantitative estimate of drug-likeness (QED) is 0.189. The van der Waals surface area contributed by atoms with Gasteiger partial charge in [-0.05, 0) is 73.4 Å². The Bertz CT molecular complexity index is 1650. The van der Waals surface area contributed by atoms with Gasteiger partial charge in [0.05, 0.1) is 42.3 Å². The number of fused-ring (bicyclic) bond motifs is 2. The number of amides is 1. The van der Waals surface area contributed by atoms with Crippen LogP contribution in [0, 0.1) is 5.92 Å². The Balaban J connectivity index is 1.70. The number of methoxy groups -OCH3 is 1. The minimum atomic E-state index is -0.796. The molecule has 5 rings (SSSR count). The summed E-state index contributed by atoms with van der Waals surface area (Å²) in [6, 6.07) is 14.9. The molecule has 4 aromatic rings. The third-order valence-electron chi connectivity index (χ3n) is 6.78. The Labute approximate surface area is 245 Å². The Kier molecular flexibility index (Phi) is 8.10. The van der Waals surface area contributed by atoms with Crippen LogP contribution in [0.25, 0.3) is 11.0 Å².